The quantitative estimate of drug-likeness (QED) is 0.577. The van der Waals surface area contributed by atoms with E-state index in [4.69, 9.17) is 21.1 Å². The molecule has 0 saturated heterocycles. The van der Waals surface area contributed by atoms with Crippen molar-refractivity contribution in [2.75, 3.05) is 19.1 Å². The lowest BCUT2D eigenvalue weighted by Gasteiger charge is -2.44. The molecule has 0 spiro atoms. The van der Waals surface area contributed by atoms with E-state index in [1.54, 1.807) is 57.5 Å². The number of ether oxygens (including phenoxy) is 2. The Hall–Kier alpha value is -3.51. The van der Waals surface area contributed by atoms with Gasteiger partial charge in [-0.05, 0) is 36.2 Å². The number of nitrogens with one attached hydrogen (secondary N) is 1. The molecule has 6 nitrogen and oxygen atoms in total. The zero-order chi connectivity index (χ0) is 23.6. The van der Waals surface area contributed by atoms with Crippen LogP contribution in [-0.4, -0.2) is 31.6 Å². The second-order valence-corrected chi connectivity index (χ2v) is 8.56. The van der Waals surface area contributed by atoms with Gasteiger partial charge >= 0.3 is 0 Å². The van der Waals surface area contributed by atoms with Crippen LogP contribution in [0.15, 0.2) is 66.7 Å². The molecule has 0 radical (unpaired) electrons. The SMILES string of the molecule is COc1cc(OC)cc(N2C(=O)c3ccccc3C[C@]2(C)C(=O)NCc2ccc(Cl)cc2)c1. The van der Waals surface area contributed by atoms with Gasteiger partial charge in [0.15, 0.2) is 0 Å². The molecule has 0 bridgehead atoms. The molecular formula is C26H25ClN2O4. The highest BCUT2D eigenvalue weighted by molar-refractivity contribution is 6.30. The Kier molecular flexibility index (Phi) is 6.29. The first kappa shape index (κ1) is 22.7. The van der Waals surface area contributed by atoms with E-state index in [9.17, 15) is 9.59 Å². The normalized spacial score (nSPS) is 17.3. The summed E-state index contributed by atoms with van der Waals surface area (Å²) in [7, 11) is 3.09. The lowest BCUT2D eigenvalue weighted by Crippen LogP contribution is -2.63. The third-order valence-electron chi connectivity index (χ3n) is 5.93. The molecule has 0 fully saturated rings. The Morgan fingerprint density at radius 1 is 1.03 bits per heavy atom. The van der Waals surface area contributed by atoms with Gasteiger partial charge in [0.2, 0.25) is 5.91 Å². The highest BCUT2D eigenvalue weighted by Crippen LogP contribution is 2.38. The zero-order valence-electron chi connectivity index (χ0n) is 18.7. The first-order valence-electron chi connectivity index (χ1n) is 10.5. The second-order valence-electron chi connectivity index (χ2n) is 8.13. The van der Waals surface area contributed by atoms with Gasteiger partial charge in [0, 0.05) is 41.8 Å². The van der Waals surface area contributed by atoms with Crippen molar-refractivity contribution in [2.45, 2.75) is 25.4 Å². The summed E-state index contributed by atoms with van der Waals surface area (Å²) in [6.07, 6.45) is 0.362. The van der Waals surface area contributed by atoms with Gasteiger partial charge in [-0.2, -0.15) is 0 Å². The number of methoxy groups -OCH3 is 2. The van der Waals surface area contributed by atoms with E-state index in [2.05, 4.69) is 5.32 Å². The first-order chi connectivity index (χ1) is 15.9. The summed E-state index contributed by atoms with van der Waals surface area (Å²) in [5, 5.41) is 3.63. The van der Waals surface area contributed by atoms with Gasteiger partial charge in [-0.15, -0.1) is 0 Å². The van der Waals surface area contributed by atoms with Gasteiger partial charge in [0.05, 0.1) is 19.9 Å². The standard InChI is InChI=1S/C26H25ClN2O4/c1-26(25(31)28-16-17-8-10-19(27)11-9-17)15-18-6-4-5-7-23(18)24(30)29(26)20-12-21(32-2)14-22(13-20)33-3/h4-14H,15-16H2,1-3H3,(H,28,31)/t26-/m1/s1. The summed E-state index contributed by atoms with van der Waals surface area (Å²) >= 11 is 5.97. The minimum Gasteiger partial charge on any atom is -0.497 e. The number of halogens is 1. The largest absolute Gasteiger partial charge is 0.497 e. The van der Waals surface area contributed by atoms with Crippen LogP contribution in [0.25, 0.3) is 0 Å². The number of carbonyl (C=O) groups is 2. The Labute approximate surface area is 198 Å². The smallest absolute Gasteiger partial charge is 0.259 e. The lowest BCUT2D eigenvalue weighted by atomic mass is 9.82. The van der Waals surface area contributed by atoms with Crippen LogP contribution in [0, 0.1) is 0 Å². The molecular weight excluding hydrogens is 440 g/mol. The average Bonchev–Trinajstić information content (AvgIpc) is 2.83. The summed E-state index contributed by atoms with van der Waals surface area (Å²) < 4.78 is 10.8. The lowest BCUT2D eigenvalue weighted by molar-refractivity contribution is -0.126. The van der Waals surface area contributed by atoms with Gasteiger partial charge < -0.3 is 14.8 Å². The van der Waals surface area contributed by atoms with Gasteiger partial charge in [0.1, 0.15) is 17.0 Å². The number of amides is 2. The average molecular weight is 465 g/mol. The fourth-order valence-electron chi connectivity index (χ4n) is 4.16. The molecule has 3 aromatic carbocycles. The molecule has 1 aliphatic heterocycles. The fraction of sp³-hybridized carbons (Fsp3) is 0.231. The molecule has 2 amide bonds. The van der Waals surface area contributed by atoms with E-state index in [1.807, 2.05) is 30.3 Å². The van der Waals surface area contributed by atoms with E-state index in [-0.39, 0.29) is 11.8 Å². The number of nitrogens with zero attached hydrogens (tertiary/aromatic N) is 1. The highest BCUT2D eigenvalue weighted by atomic mass is 35.5. The van der Waals surface area contributed by atoms with Gasteiger partial charge in [0.25, 0.3) is 5.91 Å². The number of rotatable bonds is 6. The molecule has 170 valence electrons. The van der Waals surface area contributed by atoms with Crippen molar-refractivity contribution in [3.8, 4) is 11.5 Å². The number of hydrogen-bond acceptors (Lipinski definition) is 4. The van der Waals surface area contributed by atoms with Crippen molar-refractivity contribution < 1.29 is 19.1 Å². The van der Waals surface area contributed by atoms with Crippen molar-refractivity contribution in [2.24, 2.45) is 0 Å². The fourth-order valence-corrected chi connectivity index (χ4v) is 4.28. The van der Waals surface area contributed by atoms with Gasteiger partial charge in [-0.1, -0.05) is 41.9 Å². The van der Waals surface area contributed by atoms with Crippen LogP contribution >= 0.6 is 11.6 Å². The molecule has 0 unspecified atom stereocenters. The maximum atomic E-state index is 13.7. The molecule has 0 aliphatic carbocycles. The van der Waals surface area contributed by atoms with Crippen LogP contribution in [0.4, 0.5) is 5.69 Å². The zero-order valence-corrected chi connectivity index (χ0v) is 19.5. The molecule has 3 aromatic rings. The molecule has 33 heavy (non-hydrogen) atoms. The van der Waals surface area contributed by atoms with Crippen LogP contribution in [0.1, 0.15) is 28.4 Å². The van der Waals surface area contributed by atoms with Gasteiger partial charge in [-0.3, -0.25) is 14.5 Å². The molecule has 7 heteroatoms. The highest BCUT2D eigenvalue weighted by Gasteiger charge is 2.47. The van der Waals surface area contributed by atoms with Crippen LogP contribution in [0.3, 0.4) is 0 Å². The van der Waals surface area contributed by atoms with Crippen LogP contribution < -0.4 is 19.7 Å². The van der Waals surface area contributed by atoms with Crippen LogP contribution in [0.5, 0.6) is 11.5 Å². The maximum absolute atomic E-state index is 13.7. The number of hydrogen-bond donors (Lipinski definition) is 1. The molecule has 1 atom stereocenters. The number of benzene rings is 3. The van der Waals surface area contributed by atoms with Crippen molar-refractivity contribution in [3.05, 3.63) is 88.4 Å². The van der Waals surface area contributed by atoms with Gasteiger partial charge in [-0.25, -0.2) is 0 Å². The topological polar surface area (TPSA) is 67.9 Å². The molecule has 4 rings (SSSR count). The summed E-state index contributed by atoms with van der Waals surface area (Å²) in [5.74, 6) is 0.540. The van der Waals surface area contributed by atoms with E-state index in [1.165, 1.54) is 4.90 Å². The minimum atomic E-state index is -1.17. The number of carbonyl (C=O) groups excluding carboxylic acids is 2. The van der Waals surface area contributed by atoms with Crippen molar-refractivity contribution in [1.82, 2.24) is 5.32 Å². The van der Waals surface area contributed by atoms with Crippen molar-refractivity contribution in [3.63, 3.8) is 0 Å². The third-order valence-corrected chi connectivity index (χ3v) is 6.18. The van der Waals surface area contributed by atoms with E-state index < -0.39 is 5.54 Å². The number of anilines is 1. The Balaban J connectivity index is 1.75. The summed E-state index contributed by atoms with van der Waals surface area (Å²) in [6, 6.07) is 19.8. The van der Waals surface area contributed by atoms with Crippen molar-refractivity contribution >= 4 is 29.1 Å². The maximum Gasteiger partial charge on any atom is 0.259 e. The predicted octanol–water partition coefficient (Wildman–Crippen LogP) is 4.64. The Morgan fingerprint density at radius 3 is 2.30 bits per heavy atom. The molecule has 0 aromatic heterocycles. The van der Waals surface area contributed by atoms with Crippen LogP contribution in [-0.2, 0) is 17.8 Å². The Bertz CT molecular complexity index is 1170. The van der Waals surface area contributed by atoms with Crippen molar-refractivity contribution in [1.29, 1.82) is 0 Å². The first-order valence-corrected chi connectivity index (χ1v) is 10.9. The summed E-state index contributed by atoms with van der Waals surface area (Å²) in [6.45, 7) is 2.10. The molecule has 1 aliphatic rings. The molecule has 1 N–H and O–H groups in total. The monoisotopic (exact) mass is 464 g/mol. The third kappa shape index (κ3) is 4.39. The minimum absolute atomic E-state index is 0.253. The van der Waals surface area contributed by atoms with E-state index in [0.29, 0.717) is 40.7 Å². The predicted molar refractivity (Wildman–Crippen MR) is 128 cm³/mol. The number of fused-ring (bicyclic) bond motifs is 1. The van der Waals surface area contributed by atoms with E-state index in [0.717, 1.165) is 11.1 Å². The molecule has 1 heterocycles. The Morgan fingerprint density at radius 2 is 1.67 bits per heavy atom. The second kappa shape index (κ2) is 9.16. The molecule has 0 saturated carbocycles. The summed E-state index contributed by atoms with van der Waals surface area (Å²) in [5.41, 5.74) is 1.67. The van der Waals surface area contributed by atoms with E-state index >= 15 is 0 Å². The summed E-state index contributed by atoms with van der Waals surface area (Å²) in [4.78, 5) is 28.9. The van der Waals surface area contributed by atoms with Crippen LogP contribution in [0.2, 0.25) is 5.02 Å².